The van der Waals surface area contributed by atoms with E-state index in [9.17, 15) is 0 Å². The maximum Gasteiger partial charge on any atom is 0.0644 e. The summed E-state index contributed by atoms with van der Waals surface area (Å²) in [4.78, 5) is 0.270. The van der Waals surface area contributed by atoms with Crippen LogP contribution in [0.15, 0.2) is 42.5 Å². The van der Waals surface area contributed by atoms with Crippen LogP contribution >= 0.6 is 15.9 Å². The van der Waals surface area contributed by atoms with E-state index in [1.165, 1.54) is 34.2 Å². The van der Waals surface area contributed by atoms with Gasteiger partial charge in [0.25, 0.3) is 0 Å². The third-order valence-corrected chi connectivity index (χ3v) is 5.00. The van der Waals surface area contributed by atoms with E-state index < -0.39 is 0 Å². The lowest BCUT2D eigenvalue weighted by atomic mass is 9.95. The number of halogens is 1. The highest BCUT2D eigenvalue weighted by atomic mass is 79.9. The predicted molar refractivity (Wildman–Crippen MR) is 91.8 cm³/mol. The number of hydrogen-bond donors (Lipinski definition) is 0. The topological polar surface area (TPSA) is 0 Å². The highest BCUT2D eigenvalue weighted by Gasteiger charge is 2.12. The Hall–Kier alpha value is -1.08. The standard InChI is InChI=1S/C19H23Br/c1-5-15(4)16-6-8-17(9-7-16)19(20)18-11-13(2)10-14(3)12-18/h6-12,15,19H,5H2,1-4H3. The van der Waals surface area contributed by atoms with Crippen molar-refractivity contribution < 1.29 is 0 Å². The molecule has 20 heavy (non-hydrogen) atoms. The molecule has 2 aromatic carbocycles. The quantitative estimate of drug-likeness (QED) is 0.577. The van der Waals surface area contributed by atoms with Crippen LogP contribution in [0.5, 0.6) is 0 Å². The van der Waals surface area contributed by atoms with Crippen molar-refractivity contribution in [3.05, 3.63) is 70.3 Å². The summed E-state index contributed by atoms with van der Waals surface area (Å²) in [5, 5.41) is 0. The predicted octanol–water partition coefficient (Wildman–Crippen LogP) is 6.30. The molecule has 2 unspecified atom stereocenters. The highest BCUT2D eigenvalue weighted by Crippen LogP contribution is 2.32. The molecule has 0 heterocycles. The minimum absolute atomic E-state index is 0.270. The van der Waals surface area contributed by atoms with Crippen LogP contribution in [-0.2, 0) is 0 Å². The van der Waals surface area contributed by atoms with E-state index in [4.69, 9.17) is 0 Å². The molecule has 106 valence electrons. The summed E-state index contributed by atoms with van der Waals surface area (Å²) in [6, 6.07) is 15.8. The summed E-state index contributed by atoms with van der Waals surface area (Å²) in [6.07, 6.45) is 1.19. The first kappa shape index (κ1) is 15.3. The molecule has 0 aromatic heterocycles. The van der Waals surface area contributed by atoms with Gasteiger partial charge in [-0.3, -0.25) is 0 Å². The molecule has 0 aliphatic carbocycles. The summed E-state index contributed by atoms with van der Waals surface area (Å²) < 4.78 is 0. The van der Waals surface area contributed by atoms with Crippen molar-refractivity contribution in [3.63, 3.8) is 0 Å². The maximum absolute atomic E-state index is 3.84. The molecule has 0 radical (unpaired) electrons. The zero-order valence-corrected chi connectivity index (χ0v) is 14.4. The van der Waals surface area contributed by atoms with Crippen molar-refractivity contribution in [2.45, 2.75) is 44.9 Å². The third-order valence-electron chi connectivity index (χ3n) is 3.95. The number of aryl methyl sites for hydroxylation is 2. The van der Waals surface area contributed by atoms with Crippen LogP contribution in [0.1, 0.15) is 58.8 Å². The first-order chi connectivity index (χ1) is 9.51. The van der Waals surface area contributed by atoms with Crippen molar-refractivity contribution in [1.29, 1.82) is 0 Å². The van der Waals surface area contributed by atoms with Crippen LogP contribution in [0.25, 0.3) is 0 Å². The van der Waals surface area contributed by atoms with Crippen LogP contribution < -0.4 is 0 Å². The molecule has 0 fully saturated rings. The molecule has 1 heteroatoms. The van der Waals surface area contributed by atoms with Gasteiger partial charge in [-0.05, 0) is 42.9 Å². The fourth-order valence-corrected chi connectivity index (χ4v) is 3.15. The van der Waals surface area contributed by atoms with E-state index in [0.29, 0.717) is 5.92 Å². The highest BCUT2D eigenvalue weighted by molar-refractivity contribution is 9.09. The van der Waals surface area contributed by atoms with Gasteiger partial charge in [-0.25, -0.2) is 0 Å². The number of rotatable bonds is 4. The molecule has 0 N–H and O–H groups in total. The molecule has 0 amide bonds. The maximum atomic E-state index is 3.84. The van der Waals surface area contributed by atoms with Crippen LogP contribution in [-0.4, -0.2) is 0 Å². The summed E-state index contributed by atoms with van der Waals surface area (Å²) in [6.45, 7) is 8.83. The second-order valence-corrected chi connectivity index (χ2v) is 6.68. The molecule has 2 rings (SSSR count). The molecule has 0 saturated carbocycles. The van der Waals surface area contributed by atoms with E-state index in [-0.39, 0.29) is 4.83 Å². The fourth-order valence-electron chi connectivity index (χ4n) is 2.58. The van der Waals surface area contributed by atoms with Gasteiger partial charge >= 0.3 is 0 Å². The summed E-state index contributed by atoms with van der Waals surface area (Å²) in [5.74, 6) is 0.638. The molecular formula is C19H23Br. The van der Waals surface area contributed by atoms with Crippen LogP contribution in [0.2, 0.25) is 0 Å². The van der Waals surface area contributed by atoms with Gasteiger partial charge in [0.15, 0.2) is 0 Å². The average molecular weight is 331 g/mol. The molecule has 0 aliphatic rings. The van der Waals surface area contributed by atoms with Gasteiger partial charge < -0.3 is 0 Å². The van der Waals surface area contributed by atoms with Gasteiger partial charge in [0.1, 0.15) is 0 Å². The van der Waals surface area contributed by atoms with Gasteiger partial charge in [0.2, 0.25) is 0 Å². The third kappa shape index (κ3) is 3.52. The Labute approximate surface area is 131 Å². The molecule has 0 bridgehead atoms. The van der Waals surface area contributed by atoms with Crippen molar-refractivity contribution >= 4 is 15.9 Å². The van der Waals surface area contributed by atoms with Gasteiger partial charge in [-0.1, -0.05) is 83.4 Å². The number of benzene rings is 2. The van der Waals surface area contributed by atoms with Crippen molar-refractivity contribution in [3.8, 4) is 0 Å². The van der Waals surface area contributed by atoms with Gasteiger partial charge in [0, 0.05) is 0 Å². The Kier molecular flexibility index (Phi) is 5.04. The second-order valence-electron chi connectivity index (χ2n) is 5.76. The van der Waals surface area contributed by atoms with Crippen molar-refractivity contribution in [2.75, 3.05) is 0 Å². The summed E-state index contributed by atoms with van der Waals surface area (Å²) in [5.41, 5.74) is 6.72. The largest absolute Gasteiger partial charge is 0.0786 e. The zero-order valence-electron chi connectivity index (χ0n) is 12.8. The van der Waals surface area contributed by atoms with Crippen LogP contribution in [0.4, 0.5) is 0 Å². The van der Waals surface area contributed by atoms with E-state index >= 15 is 0 Å². The molecule has 0 nitrogen and oxygen atoms in total. The van der Waals surface area contributed by atoms with Crippen LogP contribution in [0, 0.1) is 13.8 Å². The Morgan fingerprint density at radius 2 is 1.35 bits per heavy atom. The first-order valence-corrected chi connectivity index (χ1v) is 8.25. The minimum atomic E-state index is 0.270. The van der Waals surface area contributed by atoms with Gasteiger partial charge in [-0.2, -0.15) is 0 Å². The molecular weight excluding hydrogens is 308 g/mol. The summed E-state index contributed by atoms with van der Waals surface area (Å²) in [7, 11) is 0. The fraction of sp³-hybridized carbons (Fsp3) is 0.368. The SMILES string of the molecule is CCC(C)c1ccc(C(Br)c2cc(C)cc(C)c2)cc1. The smallest absolute Gasteiger partial charge is 0.0644 e. The van der Waals surface area contributed by atoms with Crippen molar-refractivity contribution in [1.82, 2.24) is 0 Å². The normalized spacial score (nSPS) is 14.1. The van der Waals surface area contributed by atoms with E-state index in [2.05, 4.69) is 86.1 Å². The molecule has 0 saturated heterocycles. The number of alkyl halides is 1. The van der Waals surface area contributed by atoms with E-state index in [0.717, 1.165) is 0 Å². The van der Waals surface area contributed by atoms with Crippen LogP contribution in [0.3, 0.4) is 0 Å². The lowest BCUT2D eigenvalue weighted by Gasteiger charge is -2.15. The van der Waals surface area contributed by atoms with E-state index in [1.54, 1.807) is 0 Å². The molecule has 2 aromatic rings. The average Bonchev–Trinajstić information content (AvgIpc) is 2.45. The lowest BCUT2D eigenvalue weighted by Crippen LogP contribution is -1.96. The van der Waals surface area contributed by atoms with Crippen molar-refractivity contribution in [2.24, 2.45) is 0 Å². The summed E-state index contributed by atoms with van der Waals surface area (Å²) >= 11 is 3.84. The number of hydrogen-bond acceptors (Lipinski definition) is 0. The monoisotopic (exact) mass is 330 g/mol. The van der Waals surface area contributed by atoms with E-state index in [1.807, 2.05) is 0 Å². The second kappa shape index (κ2) is 6.58. The minimum Gasteiger partial charge on any atom is -0.0786 e. The van der Waals surface area contributed by atoms with Gasteiger partial charge in [0.05, 0.1) is 4.83 Å². The zero-order chi connectivity index (χ0) is 14.7. The Morgan fingerprint density at radius 1 is 0.850 bits per heavy atom. The lowest BCUT2D eigenvalue weighted by molar-refractivity contribution is 0.733. The molecule has 2 atom stereocenters. The first-order valence-electron chi connectivity index (χ1n) is 7.33. The van der Waals surface area contributed by atoms with Gasteiger partial charge in [-0.15, -0.1) is 0 Å². The Morgan fingerprint density at radius 3 is 1.85 bits per heavy atom. The molecule has 0 spiro atoms. The Bertz CT molecular complexity index is 549. The Balaban J connectivity index is 2.26. The molecule has 0 aliphatic heterocycles.